The second kappa shape index (κ2) is 10.9. The number of ether oxygens (including phenoxy) is 2. The van der Waals surface area contributed by atoms with Gasteiger partial charge >= 0.3 is 0 Å². The predicted molar refractivity (Wildman–Crippen MR) is 104 cm³/mol. The molecule has 0 heterocycles. The minimum absolute atomic E-state index is 0.0239. The molecule has 0 aromatic heterocycles. The Morgan fingerprint density at radius 2 is 1.67 bits per heavy atom. The molecule has 0 aliphatic carbocycles. The first kappa shape index (κ1) is 20.3. The highest BCUT2D eigenvalue weighted by Gasteiger charge is 2.13. The summed E-state index contributed by atoms with van der Waals surface area (Å²) in [5.41, 5.74) is 1.16. The van der Waals surface area contributed by atoms with Crippen molar-refractivity contribution in [3.8, 4) is 11.5 Å². The third-order valence-corrected chi connectivity index (χ3v) is 4.05. The molecule has 0 bridgehead atoms. The Balaban J connectivity index is 1.71. The smallest absolute Gasteiger partial charge is 0.239 e. The fourth-order valence-corrected chi connectivity index (χ4v) is 2.51. The molecule has 0 atom stereocenters. The van der Waals surface area contributed by atoms with Gasteiger partial charge in [0, 0.05) is 13.5 Å². The van der Waals surface area contributed by atoms with E-state index in [1.54, 1.807) is 31.4 Å². The first-order valence-electron chi connectivity index (χ1n) is 8.91. The summed E-state index contributed by atoms with van der Waals surface area (Å²) in [7, 11) is 1.60. The molecule has 0 aliphatic rings. The molecule has 6 heteroatoms. The zero-order chi connectivity index (χ0) is 19.5. The standard InChI is InChI=1S/C21H26N2O4/c1-17(24)23(14-15-27-20-10-8-19(26-2)9-11-20)16-21(25)22-13-12-18-6-4-3-5-7-18/h3-11H,12-16H2,1-2H3,(H,22,25). The van der Waals surface area contributed by atoms with E-state index in [1.165, 1.54) is 11.8 Å². The molecule has 0 spiro atoms. The number of nitrogens with one attached hydrogen (secondary N) is 1. The number of benzene rings is 2. The molecule has 0 fully saturated rings. The maximum atomic E-state index is 12.1. The van der Waals surface area contributed by atoms with E-state index in [1.807, 2.05) is 30.3 Å². The van der Waals surface area contributed by atoms with Crippen LogP contribution in [0.15, 0.2) is 54.6 Å². The fourth-order valence-electron chi connectivity index (χ4n) is 2.51. The molecule has 1 N–H and O–H groups in total. The van der Waals surface area contributed by atoms with E-state index >= 15 is 0 Å². The third kappa shape index (κ3) is 7.40. The number of carbonyl (C=O) groups is 2. The molecule has 0 saturated carbocycles. The van der Waals surface area contributed by atoms with Crippen molar-refractivity contribution in [2.45, 2.75) is 13.3 Å². The van der Waals surface area contributed by atoms with Crippen molar-refractivity contribution in [1.82, 2.24) is 10.2 Å². The lowest BCUT2D eigenvalue weighted by Gasteiger charge is -2.20. The van der Waals surface area contributed by atoms with Crippen LogP contribution < -0.4 is 14.8 Å². The zero-order valence-corrected chi connectivity index (χ0v) is 15.8. The van der Waals surface area contributed by atoms with Gasteiger partial charge in [-0.1, -0.05) is 30.3 Å². The van der Waals surface area contributed by atoms with Gasteiger partial charge < -0.3 is 19.7 Å². The molecule has 2 aromatic rings. The largest absolute Gasteiger partial charge is 0.497 e. The van der Waals surface area contributed by atoms with Gasteiger partial charge in [-0.3, -0.25) is 9.59 Å². The second-order valence-corrected chi connectivity index (χ2v) is 6.05. The van der Waals surface area contributed by atoms with Crippen molar-refractivity contribution in [2.75, 3.05) is 33.4 Å². The fraction of sp³-hybridized carbons (Fsp3) is 0.333. The SMILES string of the molecule is COc1ccc(OCCN(CC(=O)NCCc2ccccc2)C(C)=O)cc1. The van der Waals surface area contributed by atoms with E-state index in [9.17, 15) is 9.59 Å². The Labute approximate surface area is 160 Å². The average Bonchev–Trinajstić information content (AvgIpc) is 2.68. The van der Waals surface area contributed by atoms with Gasteiger partial charge in [-0.25, -0.2) is 0 Å². The highest BCUT2D eigenvalue weighted by atomic mass is 16.5. The quantitative estimate of drug-likeness (QED) is 0.697. The van der Waals surface area contributed by atoms with Crippen LogP contribution in [0.2, 0.25) is 0 Å². The first-order valence-corrected chi connectivity index (χ1v) is 8.91. The van der Waals surface area contributed by atoms with Gasteiger partial charge in [-0.05, 0) is 36.2 Å². The van der Waals surface area contributed by atoms with Gasteiger partial charge in [0.15, 0.2) is 0 Å². The van der Waals surface area contributed by atoms with Crippen molar-refractivity contribution >= 4 is 11.8 Å². The Bertz CT molecular complexity index is 717. The van der Waals surface area contributed by atoms with Crippen LogP contribution in [0.5, 0.6) is 11.5 Å². The third-order valence-electron chi connectivity index (χ3n) is 4.05. The lowest BCUT2D eigenvalue weighted by atomic mass is 10.1. The van der Waals surface area contributed by atoms with Crippen LogP contribution in [0, 0.1) is 0 Å². The van der Waals surface area contributed by atoms with Gasteiger partial charge in [0.2, 0.25) is 11.8 Å². The summed E-state index contributed by atoms with van der Waals surface area (Å²) in [6, 6.07) is 17.1. The van der Waals surface area contributed by atoms with Gasteiger partial charge in [0.1, 0.15) is 18.1 Å². The topological polar surface area (TPSA) is 67.9 Å². The molecule has 6 nitrogen and oxygen atoms in total. The minimum Gasteiger partial charge on any atom is -0.497 e. The number of nitrogens with zero attached hydrogens (tertiary/aromatic N) is 1. The first-order chi connectivity index (χ1) is 13.1. The van der Waals surface area contributed by atoms with Crippen molar-refractivity contribution < 1.29 is 19.1 Å². The van der Waals surface area contributed by atoms with Crippen molar-refractivity contribution in [1.29, 1.82) is 0 Å². The van der Waals surface area contributed by atoms with Crippen molar-refractivity contribution in [3.63, 3.8) is 0 Å². The van der Waals surface area contributed by atoms with Crippen molar-refractivity contribution in [3.05, 3.63) is 60.2 Å². The average molecular weight is 370 g/mol. The number of rotatable bonds is 10. The minimum atomic E-state index is -0.175. The van der Waals surface area contributed by atoms with Crippen LogP contribution in [-0.2, 0) is 16.0 Å². The summed E-state index contributed by atoms with van der Waals surface area (Å²) in [4.78, 5) is 25.3. The molecule has 27 heavy (non-hydrogen) atoms. The molecule has 144 valence electrons. The molecule has 2 amide bonds. The van der Waals surface area contributed by atoms with Crippen LogP contribution >= 0.6 is 0 Å². The zero-order valence-electron chi connectivity index (χ0n) is 15.8. The molecule has 2 rings (SSSR count). The monoisotopic (exact) mass is 370 g/mol. The van der Waals surface area contributed by atoms with E-state index in [0.717, 1.165) is 17.7 Å². The Kier molecular flexibility index (Phi) is 8.16. The highest BCUT2D eigenvalue weighted by molar-refractivity contribution is 5.83. The van der Waals surface area contributed by atoms with Crippen LogP contribution in [-0.4, -0.2) is 50.1 Å². The van der Waals surface area contributed by atoms with E-state index in [0.29, 0.717) is 25.4 Å². The Morgan fingerprint density at radius 3 is 2.30 bits per heavy atom. The number of methoxy groups -OCH3 is 1. The molecule has 0 aliphatic heterocycles. The van der Waals surface area contributed by atoms with Gasteiger partial charge in [-0.15, -0.1) is 0 Å². The van der Waals surface area contributed by atoms with E-state index in [2.05, 4.69) is 5.32 Å². The summed E-state index contributed by atoms with van der Waals surface area (Å²) in [5, 5.41) is 2.85. The molecule has 2 aromatic carbocycles. The van der Waals surface area contributed by atoms with E-state index in [-0.39, 0.29) is 18.4 Å². The summed E-state index contributed by atoms with van der Waals surface area (Å²) < 4.78 is 10.7. The number of hydrogen-bond donors (Lipinski definition) is 1. The number of amides is 2. The Hall–Kier alpha value is -3.02. The maximum absolute atomic E-state index is 12.1. The van der Waals surface area contributed by atoms with Crippen LogP contribution in [0.3, 0.4) is 0 Å². The molecule has 0 radical (unpaired) electrons. The van der Waals surface area contributed by atoms with E-state index in [4.69, 9.17) is 9.47 Å². The van der Waals surface area contributed by atoms with Gasteiger partial charge in [0.05, 0.1) is 20.2 Å². The molecule has 0 unspecified atom stereocenters. The normalized spacial score (nSPS) is 10.1. The predicted octanol–water partition coefficient (Wildman–Crippen LogP) is 2.28. The number of hydrogen-bond acceptors (Lipinski definition) is 4. The highest BCUT2D eigenvalue weighted by Crippen LogP contribution is 2.16. The number of carbonyl (C=O) groups excluding carboxylic acids is 2. The van der Waals surface area contributed by atoms with Crippen LogP contribution in [0.1, 0.15) is 12.5 Å². The summed E-state index contributed by atoms with van der Waals surface area (Å²) in [5.74, 6) is 1.10. The van der Waals surface area contributed by atoms with Gasteiger partial charge in [0.25, 0.3) is 0 Å². The van der Waals surface area contributed by atoms with Crippen LogP contribution in [0.25, 0.3) is 0 Å². The van der Waals surface area contributed by atoms with Crippen molar-refractivity contribution in [2.24, 2.45) is 0 Å². The second-order valence-electron chi connectivity index (χ2n) is 6.05. The lowest BCUT2D eigenvalue weighted by Crippen LogP contribution is -2.42. The van der Waals surface area contributed by atoms with Gasteiger partial charge in [-0.2, -0.15) is 0 Å². The molecular formula is C21H26N2O4. The lowest BCUT2D eigenvalue weighted by molar-refractivity contribution is -0.134. The maximum Gasteiger partial charge on any atom is 0.239 e. The molecular weight excluding hydrogens is 344 g/mol. The Morgan fingerprint density at radius 1 is 1.00 bits per heavy atom. The molecule has 0 saturated heterocycles. The summed E-state index contributed by atoms with van der Waals surface area (Å²) >= 11 is 0. The van der Waals surface area contributed by atoms with Crippen LogP contribution in [0.4, 0.5) is 0 Å². The summed E-state index contributed by atoms with van der Waals surface area (Å²) in [6.45, 7) is 2.66. The summed E-state index contributed by atoms with van der Waals surface area (Å²) in [6.07, 6.45) is 0.757. The van der Waals surface area contributed by atoms with E-state index < -0.39 is 0 Å².